The summed E-state index contributed by atoms with van der Waals surface area (Å²) in [5, 5.41) is 23.9. The van der Waals surface area contributed by atoms with Crippen LogP contribution in [0, 0.1) is 11.8 Å². The summed E-state index contributed by atoms with van der Waals surface area (Å²) in [5.41, 5.74) is 0.681. The van der Waals surface area contributed by atoms with Crippen molar-refractivity contribution < 1.29 is 24.6 Å². The smallest absolute Gasteiger partial charge is 0.326 e. The molecule has 1 rings (SSSR count). The number of aromatic hydroxyl groups is 1. The first-order chi connectivity index (χ1) is 11.6. The van der Waals surface area contributed by atoms with Crippen LogP contribution < -0.4 is 10.6 Å². The molecule has 3 atom stereocenters. The van der Waals surface area contributed by atoms with Gasteiger partial charge in [-0.05, 0) is 23.6 Å². The van der Waals surface area contributed by atoms with Crippen molar-refractivity contribution in [1.29, 1.82) is 0 Å². The fourth-order valence-electron chi connectivity index (χ4n) is 2.64. The molecule has 0 spiro atoms. The molecule has 0 saturated carbocycles. The average Bonchev–Trinajstić information content (AvgIpc) is 2.52. The fourth-order valence-corrected chi connectivity index (χ4v) is 2.64. The molecule has 7 nitrogen and oxygen atoms in total. The Morgan fingerprint density at radius 1 is 1.04 bits per heavy atom. The highest BCUT2D eigenvalue weighted by Gasteiger charge is 2.30. The van der Waals surface area contributed by atoms with Crippen LogP contribution in [0.5, 0.6) is 5.75 Å². The van der Waals surface area contributed by atoms with Gasteiger partial charge in [-0.1, -0.05) is 32.9 Å². The molecular formula is C18H26N2O5. The van der Waals surface area contributed by atoms with Crippen molar-refractivity contribution in [2.75, 3.05) is 0 Å². The molecule has 0 fully saturated rings. The number of hydrogen-bond acceptors (Lipinski definition) is 4. The van der Waals surface area contributed by atoms with Gasteiger partial charge in [0.25, 0.3) is 0 Å². The van der Waals surface area contributed by atoms with Gasteiger partial charge in [0, 0.05) is 19.4 Å². The van der Waals surface area contributed by atoms with Crippen molar-refractivity contribution in [1.82, 2.24) is 10.6 Å². The van der Waals surface area contributed by atoms with Crippen molar-refractivity contribution >= 4 is 17.8 Å². The summed E-state index contributed by atoms with van der Waals surface area (Å²) in [6, 6.07) is 4.66. The van der Waals surface area contributed by atoms with E-state index in [0.29, 0.717) is 5.56 Å². The summed E-state index contributed by atoms with van der Waals surface area (Å²) in [4.78, 5) is 35.3. The van der Waals surface area contributed by atoms with Crippen LogP contribution >= 0.6 is 0 Å². The first-order valence-electron chi connectivity index (χ1n) is 8.20. The summed E-state index contributed by atoms with van der Waals surface area (Å²) < 4.78 is 0. The molecule has 0 unspecified atom stereocenters. The number of rotatable bonds is 8. The predicted octanol–water partition coefficient (Wildman–Crippen LogP) is 1.30. The average molecular weight is 350 g/mol. The number of hydrogen-bond donors (Lipinski definition) is 4. The maximum absolute atomic E-state index is 12.5. The Kier molecular flexibility index (Phi) is 7.42. The van der Waals surface area contributed by atoms with Gasteiger partial charge in [0.15, 0.2) is 0 Å². The third-order valence-electron chi connectivity index (χ3n) is 4.03. The molecule has 0 heterocycles. The summed E-state index contributed by atoms with van der Waals surface area (Å²) in [6.07, 6.45) is 0.0978. The Bertz CT molecular complexity index is 612. The summed E-state index contributed by atoms with van der Waals surface area (Å²) >= 11 is 0. The minimum absolute atomic E-state index is 0.0185. The second-order valence-corrected chi connectivity index (χ2v) is 6.53. The van der Waals surface area contributed by atoms with Crippen molar-refractivity contribution in [3.05, 3.63) is 29.8 Å². The van der Waals surface area contributed by atoms with Crippen LogP contribution in [0.25, 0.3) is 0 Å². The molecule has 4 N–H and O–H groups in total. The van der Waals surface area contributed by atoms with E-state index in [1.54, 1.807) is 19.1 Å². The van der Waals surface area contributed by atoms with E-state index < -0.39 is 23.8 Å². The van der Waals surface area contributed by atoms with Gasteiger partial charge >= 0.3 is 5.97 Å². The molecule has 1 aromatic carbocycles. The number of phenolic OH excluding ortho intramolecular Hbond substituents is 1. The number of carbonyl (C=O) groups excluding carboxylic acids is 2. The minimum atomic E-state index is -1.14. The molecule has 0 saturated heterocycles. The van der Waals surface area contributed by atoms with E-state index in [-0.39, 0.29) is 30.0 Å². The molecule has 0 aliphatic rings. The summed E-state index contributed by atoms with van der Waals surface area (Å²) in [7, 11) is 0. The van der Waals surface area contributed by atoms with E-state index in [1.807, 2.05) is 13.8 Å². The van der Waals surface area contributed by atoms with Crippen LogP contribution in [0.2, 0.25) is 0 Å². The highest BCUT2D eigenvalue weighted by molar-refractivity contribution is 5.86. The lowest BCUT2D eigenvalue weighted by molar-refractivity contribution is -0.142. The van der Waals surface area contributed by atoms with E-state index >= 15 is 0 Å². The molecule has 25 heavy (non-hydrogen) atoms. The number of amides is 2. The van der Waals surface area contributed by atoms with E-state index in [4.69, 9.17) is 0 Å². The Morgan fingerprint density at radius 3 is 2.04 bits per heavy atom. The van der Waals surface area contributed by atoms with Crippen LogP contribution in [-0.4, -0.2) is 40.1 Å². The van der Waals surface area contributed by atoms with E-state index in [9.17, 15) is 24.6 Å². The van der Waals surface area contributed by atoms with Gasteiger partial charge in [-0.15, -0.1) is 0 Å². The summed E-state index contributed by atoms with van der Waals surface area (Å²) in [5.74, 6) is -2.29. The van der Waals surface area contributed by atoms with Gasteiger partial charge in [-0.2, -0.15) is 0 Å². The van der Waals surface area contributed by atoms with Gasteiger partial charge in [-0.25, -0.2) is 4.79 Å². The minimum Gasteiger partial charge on any atom is -0.508 e. The van der Waals surface area contributed by atoms with Crippen LogP contribution in [0.4, 0.5) is 0 Å². The maximum atomic E-state index is 12.5. The molecule has 0 bridgehead atoms. The van der Waals surface area contributed by atoms with Gasteiger partial charge in [-0.3, -0.25) is 9.59 Å². The van der Waals surface area contributed by atoms with Gasteiger partial charge < -0.3 is 20.8 Å². The molecule has 0 aliphatic carbocycles. The van der Waals surface area contributed by atoms with Crippen LogP contribution in [0.1, 0.15) is 33.3 Å². The second kappa shape index (κ2) is 9.05. The molecule has 0 radical (unpaired) electrons. The summed E-state index contributed by atoms with van der Waals surface area (Å²) in [6.45, 7) is 6.81. The number of carboxylic acid groups (broad SMARTS) is 1. The van der Waals surface area contributed by atoms with Crippen molar-refractivity contribution in [2.45, 2.75) is 46.2 Å². The highest BCUT2D eigenvalue weighted by atomic mass is 16.4. The molecule has 0 aliphatic heterocycles. The highest BCUT2D eigenvalue weighted by Crippen LogP contribution is 2.15. The molecule has 7 heteroatoms. The van der Waals surface area contributed by atoms with E-state index in [2.05, 4.69) is 10.6 Å². The zero-order valence-electron chi connectivity index (χ0n) is 14.9. The first-order valence-corrected chi connectivity index (χ1v) is 8.20. The number of carboxylic acids is 1. The van der Waals surface area contributed by atoms with Gasteiger partial charge in [0.05, 0.1) is 5.92 Å². The van der Waals surface area contributed by atoms with E-state index in [1.165, 1.54) is 19.1 Å². The standard InChI is InChI=1S/C18H26N2O5/c1-10(2)16(19-12(4)21)11(3)17(23)20-15(18(24)25)9-13-5-7-14(22)8-6-13/h5-8,10-11,15-16,22H,9H2,1-4H3,(H,19,21)(H,20,23)(H,24,25)/t11-,15+,16+/m1/s1. The molecule has 2 amide bonds. The predicted molar refractivity (Wildman–Crippen MR) is 93.0 cm³/mol. The van der Waals surface area contributed by atoms with Crippen molar-refractivity contribution in [3.8, 4) is 5.75 Å². The SMILES string of the molecule is CC(=O)N[C@@H](C(C)C)[C@@H](C)C(=O)N[C@@H](Cc1ccc(O)cc1)C(=O)O. The molecular weight excluding hydrogens is 324 g/mol. The Balaban J connectivity index is 2.82. The van der Waals surface area contributed by atoms with Gasteiger partial charge in [0.1, 0.15) is 11.8 Å². The lowest BCUT2D eigenvalue weighted by atomic mass is 9.90. The Morgan fingerprint density at radius 2 is 1.60 bits per heavy atom. The number of phenols is 1. The largest absolute Gasteiger partial charge is 0.508 e. The molecule has 0 aromatic heterocycles. The fraction of sp³-hybridized carbons (Fsp3) is 0.500. The molecule has 138 valence electrons. The zero-order valence-corrected chi connectivity index (χ0v) is 14.9. The lowest BCUT2D eigenvalue weighted by Crippen LogP contribution is -2.51. The number of carbonyl (C=O) groups is 3. The van der Waals surface area contributed by atoms with Crippen molar-refractivity contribution in [3.63, 3.8) is 0 Å². The quantitative estimate of drug-likeness (QED) is 0.564. The Labute approximate surface area is 147 Å². The third-order valence-corrected chi connectivity index (χ3v) is 4.03. The number of benzene rings is 1. The van der Waals surface area contributed by atoms with Crippen molar-refractivity contribution in [2.24, 2.45) is 11.8 Å². The zero-order chi connectivity index (χ0) is 19.1. The third kappa shape index (κ3) is 6.45. The number of aliphatic carboxylic acids is 1. The molecule has 1 aromatic rings. The van der Waals surface area contributed by atoms with E-state index in [0.717, 1.165) is 0 Å². The topological polar surface area (TPSA) is 116 Å². The lowest BCUT2D eigenvalue weighted by Gasteiger charge is -2.28. The first kappa shape index (κ1) is 20.5. The normalized spacial score (nSPS) is 14.4. The monoisotopic (exact) mass is 350 g/mol. The van der Waals surface area contributed by atoms with Crippen LogP contribution in [0.3, 0.4) is 0 Å². The maximum Gasteiger partial charge on any atom is 0.326 e. The Hall–Kier alpha value is -2.57. The van der Waals surface area contributed by atoms with Gasteiger partial charge in [0.2, 0.25) is 11.8 Å². The van der Waals surface area contributed by atoms with Crippen LogP contribution in [-0.2, 0) is 20.8 Å². The van der Waals surface area contributed by atoms with Crippen LogP contribution in [0.15, 0.2) is 24.3 Å². The second-order valence-electron chi connectivity index (χ2n) is 6.53. The number of nitrogens with one attached hydrogen (secondary N) is 2.